The van der Waals surface area contributed by atoms with Gasteiger partial charge in [0.2, 0.25) is 11.2 Å². The lowest BCUT2D eigenvalue weighted by molar-refractivity contribution is 0.279. The molecule has 3 aromatic rings. The van der Waals surface area contributed by atoms with Crippen LogP contribution in [0, 0.1) is 0 Å². The van der Waals surface area contributed by atoms with Crippen LogP contribution < -0.4 is 4.74 Å². The van der Waals surface area contributed by atoms with Gasteiger partial charge in [-0.1, -0.05) is 29.8 Å². The van der Waals surface area contributed by atoms with Crippen molar-refractivity contribution < 1.29 is 4.74 Å². The molecule has 0 spiro atoms. The van der Waals surface area contributed by atoms with Crippen molar-refractivity contribution in [1.82, 2.24) is 24.5 Å². The lowest BCUT2D eigenvalue weighted by atomic mass is 10.2. The molecule has 2 aromatic heterocycles. The zero-order valence-electron chi connectivity index (χ0n) is 10.6. The Morgan fingerprint density at radius 3 is 2.71 bits per heavy atom. The van der Waals surface area contributed by atoms with Gasteiger partial charge in [-0.05, 0) is 17.7 Å². The molecule has 0 aliphatic heterocycles. The van der Waals surface area contributed by atoms with E-state index in [9.17, 15) is 0 Å². The molecule has 106 valence electrons. The van der Waals surface area contributed by atoms with Gasteiger partial charge in [-0.3, -0.25) is 4.57 Å². The van der Waals surface area contributed by atoms with Crippen LogP contribution in [0.15, 0.2) is 43.0 Å². The molecule has 6 nitrogen and oxygen atoms in total. The van der Waals surface area contributed by atoms with Gasteiger partial charge in [0, 0.05) is 23.0 Å². The van der Waals surface area contributed by atoms with E-state index in [1.165, 1.54) is 0 Å². The molecule has 0 N–H and O–H groups in total. The predicted molar refractivity (Wildman–Crippen MR) is 77.7 cm³/mol. The van der Waals surface area contributed by atoms with Crippen LogP contribution in [0.5, 0.6) is 6.01 Å². The first-order valence-electron chi connectivity index (χ1n) is 5.98. The van der Waals surface area contributed by atoms with Gasteiger partial charge in [-0.25, -0.2) is 4.98 Å². The average molecular weight is 322 g/mol. The Morgan fingerprint density at radius 2 is 1.95 bits per heavy atom. The van der Waals surface area contributed by atoms with Gasteiger partial charge < -0.3 is 4.74 Å². The van der Waals surface area contributed by atoms with Crippen molar-refractivity contribution in [2.24, 2.45) is 0 Å². The maximum atomic E-state index is 6.06. The summed E-state index contributed by atoms with van der Waals surface area (Å²) < 4.78 is 7.13. The summed E-state index contributed by atoms with van der Waals surface area (Å²) in [5.74, 6) is 0.335. The van der Waals surface area contributed by atoms with E-state index in [0.29, 0.717) is 11.0 Å². The second-order valence-corrected chi connectivity index (χ2v) is 4.78. The van der Waals surface area contributed by atoms with Gasteiger partial charge in [0.1, 0.15) is 12.9 Å². The van der Waals surface area contributed by atoms with Crippen LogP contribution in [-0.2, 0) is 6.61 Å². The number of rotatable bonds is 4. The van der Waals surface area contributed by atoms with Gasteiger partial charge in [-0.15, -0.1) is 0 Å². The molecule has 0 unspecified atom stereocenters. The number of halogens is 2. The summed E-state index contributed by atoms with van der Waals surface area (Å²) in [7, 11) is 0. The molecule has 0 radical (unpaired) electrons. The highest BCUT2D eigenvalue weighted by atomic mass is 35.5. The monoisotopic (exact) mass is 321 g/mol. The summed E-state index contributed by atoms with van der Waals surface area (Å²) in [5, 5.41) is 0.662. The molecule has 1 aromatic carbocycles. The smallest absolute Gasteiger partial charge is 0.322 e. The van der Waals surface area contributed by atoms with E-state index in [4.69, 9.17) is 27.9 Å². The Balaban J connectivity index is 1.81. The second-order valence-electron chi connectivity index (χ2n) is 4.04. The highest BCUT2D eigenvalue weighted by Gasteiger charge is 2.08. The normalized spacial score (nSPS) is 10.6. The fourth-order valence-electron chi connectivity index (χ4n) is 1.64. The highest BCUT2D eigenvalue weighted by molar-refractivity contribution is 6.31. The Morgan fingerprint density at radius 1 is 1.10 bits per heavy atom. The highest BCUT2D eigenvalue weighted by Crippen LogP contribution is 2.17. The standard InChI is InChI=1S/C13H9Cl2N5O/c14-10-4-2-1-3-9(10)7-21-13-18-11(15)17-12(19-13)20-6-5-16-8-20/h1-6,8H,7H2. The number of aromatic nitrogens is 5. The van der Waals surface area contributed by atoms with Crippen LogP contribution in [0.3, 0.4) is 0 Å². The Labute approximate surface area is 130 Å². The van der Waals surface area contributed by atoms with Crippen LogP contribution in [0.2, 0.25) is 10.3 Å². The number of benzene rings is 1. The van der Waals surface area contributed by atoms with Crippen LogP contribution in [0.4, 0.5) is 0 Å². The molecule has 0 aliphatic carbocycles. The first-order chi connectivity index (χ1) is 10.2. The van der Waals surface area contributed by atoms with E-state index in [0.717, 1.165) is 5.56 Å². The maximum Gasteiger partial charge on any atom is 0.322 e. The van der Waals surface area contributed by atoms with E-state index in [2.05, 4.69) is 19.9 Å². The first-order valence-corrected chi connectivity index (χ1v) is 6.74. The molecule has 3 rings (SSSR count). The van der Waals surface area contributed by atoms with Crippen LogP contribution >= 0.6 is 23.2 Å². The third-order valence-corrected chi connectivity index (χ3v) is 3.16. The lowest BCUT2D eigenvalue weighted by Crippen LogP contribution is -2.06. The number of hydrogen-bond acceptors (Lipinski definition) is 5. The van der Waals surface area contributed by atoms with Crippen LogP contribution in [0.25, 0.3) is 5.95 Å². The molecule has 0 aliphatic rings. The quantitative estimate of drug-likeness (QED) is 0.739. The van der Waals surface area contributed by atoms with Gasteiger partial charge in [0.05, 0.1) is 0 Å². The van der Waals surface area contributed by atoms with Crippen molar-refractivity contribution >= 4 is 23.2 Å². The summed E-state index contributed by atoms with van der Waals surface area (Å²) in [6, 6.07) is 7.50. The average Bonchev–Trinajstić information content (AvgIpc) is 3.00. The maximum absolute atomic E-state index is 6.06. The first kappa shape index (κ1) is 13.8. The van der Waals surface area contributed by atoms with Crippen molar-refractivity contribution in [2.75, 3.05) is 0 Å². The molecular weight excluding hydrogens is 313 g/mol. The lowest BCUT2D eigenvalue weighted by Gasteiger charge is -2.07. The van der Waals surface area contributed by atoms with Crippen molar-refractivity contribution in [2.45, 2.75) is 6.61 Å². The molecule has 0 saturated heterocycles. The number of hydrogen-bond donors (Lipinski definition) is 0. The molecule has 0 saturated carbocycles. The van der Waals surface area contributed by atoms with E-state index >= 15 is 0 Å². The zero-order chi connectivity index (χ0) is 14.7. The van der Waals surface area contributed by atoms with E-state index in [-0.39, 0.29) is 17.9 Å². The van der Waals surface area contributed by atoms with Crippen LogP contribution in [-0.4, -0.2) is 24.5 Å². The van der Waals surface area contributed by atoms with Gasteiger partial charge in [-0.2, -0.15) is 15.0 Å². The molecule has 8 heteroatoms. The SMILES string of the molecule is Clc1nc(OCc2ccccc2Cl)nc(-n2ccnc2)n1. The van der Waals surface area contributed by atoms with Gasteiger partial charge >= 0.3 is 6.01 Å². The number of imidazole rings is 1. The van der Waals surface area contributed by atoms with Crippen molar-refractivity contribution in [1.29, 1.82) is 0 Å². The summed E-state index contributed by atoms with van der Waals surface area (Å²) >= 11 is 11.9. The number of nitrogens with zero attached hydrogens (tertiary/aromatic N) is 5. The summed E-state index contributed by atoms with van der Waals surface area (Å²) in [5.41, 5.74) is 0.833. The summed E-state index contributed by atoms with van der Waals surface area (Å²) in [4.78, 5) is 16.0. The van der Waals surface area contributed by atoms with Crippen LogP contribution in [0.1, 0.15) is 5.56 Å². The third kappa shape index (κ3) is 3.29. The molecular formula is C13H9Cl2N5O. The summed E-state index contributed by atoms with van der Waals surface area (Å²) in [6.45, 7) is 0.239. The fraction of sp³-hybridized carbons (Fsp3) is 0.0769. The minimum atomic E-state index is 0.0443. The Hall–Kier alpha value is -2.18. The minimum absolute atomic E-state index is 0.0443. The molecule has 21 heavy (non-hydrogen) atoms. The van der Waals surface area contributed by atoms with E-state index in [1.54, 1.807) is 29.4 Å². The Kier molecular flexibility index (Phi) is 3.98. The molecule has 2 heterocycles. The molecule has 0 amide bonds. The van der Waals surface area contributed by atoms with E-state index in [1.807, 2.05) is 18.2 Å². The zero-order valence-corrected chi connectivity index (χ0v) is 12.2. The largest absolute Gasteiger partial charge is 0.458 e. The van der Waals surface area contributed by atoms with Gasteiger partial charge in [0.15, 0.2) is 0 Å². The minimum Gasteiger partial charge on any atom is -0.458 e. The predicted octanol–water partition coefficient (Wildman–Crippen LogP) is 2.94. The summed E-state index contributed by atoms with van der Waals surface area (Å²) in [6.07, 6.45) is 4.87. The van der Waals surface area contributed by atoms with Crippen molar-refractivity contribution in [3.05, 3.63) is 58.9 Å². The molecule has 0 fully saturated rings. The van der Waals surface area contributed by atoms with Gasteiger partial charge in [0.25, 0.3) is 0 Å². The third-order valence-electron chi connectivity index (χ3n) is 2.63. The topological polar surface area (TPSA) is 65.7 Å². The molecule has 0 atom stereocenters. The molecule has 0 bridgehead atoms. The van der Waals surface area contributed by atoms with Crippen molar-refractivity contribution in [3.63, 3.8) is 0 Å². The van der Waals surface area contributed by atoms with Crippen molar-refractivity contribution in [3.8, 4) is 12.0 Å². The fourth-order valence-corrected chi connectivity index (χ4v) is 1.98. The number of ether oxygens (including phenoxy) is 1. The van der Waals surface area contributed by atoms with E-state index < -0.39 is 0 Å². The Bertz CT molecular complexity index is 748. The second kappa shape index (κ2) is 6.07.